The standard InChI is InChI=1S/C15H28N2O3/c1-5-16-13(18)10-11-8-6-7-9-12(11)17-14(19)20-15(2,3)4/h11-12H,5-10H2,1-4H3,(H,16,18)(H,17,19)/t11-,12-/m1/s1. The van der Waals surface area contributed by atoms with E-state index in [1.165, 1.54) is 0 Å². The zero-order valence-corrected chi connectivity index (χ0v) is 13.1. The maximum Gasteiger partial charge on any atom is 0.407 e. The maximum absolute atomic E-state index is 11.9. The molecule has 0 unspecified atom stereocenters. The molecule has 0 aromatic carbocycles. The van der Waals surface area contributed by atoms with Crippen molar-refractivity contribution in [3.63, 3.8) is 0 Å². The van der Waals surface area contributed by atoms with Gasteiger partial charge in [0.2, 0.25) is 5.91 Å². The van der Waals surface area contributed by atoms with Gasteiger partial charge < -0.3 is 15.4 Å². The van der Waals surface area contributed by atoms with Gasteiger partial charge in [-0.1, -0.05) is 12.8 Å². The molecule has 1 saturated carbocycles. The Morgan fingerprint density at radius 3 is 2.45 bits per heavy atom. The average molecular weight is 284 g/mol. The fraction of sp³-hybridized carbons (Fsp3) is 0.867. The van der Waals surface area contributed by atoms with Gasteiger partial charge in [0.25, 0.3) is 0 Å². The molecular weight excluding hydrogens is 256 g/mol. The van der Waals surface area contributed by atoms with E-state index in [2.05, 4.69) is 10.6 Å². The molecule has 0 bridgehead atoms. The number of alkyl carbamates (subject to hydrolysis) is 1. The van der Waals surface area contributed by atoms with Crippen LogP contribution in [0.1, 0.15) is 59.8 Å². The Balaban J connectivity index is 2.51. The Morgan fingerprint density at radius 2 is 1.85 bits per heavy atom. The summed E-state index contributed by atoms with van der Waals surface area (Å²) in [7, 11) is 0. The van der Waals surface area contributed by atoms with Crippen molar-refractivity contribution in [2.45, 2.75) is 71.4 Å². The molecule has 1 aliphatic rings. The van der Waals surface area contributed by atoms with Gasteiger partial charge in [-0.25, -0.2) is 4.79 Å². The van der Waals surface area contributed by atoms with Gasteiger partial charge in [0.05, 0.1) is 0 Å². The molecule has 0 saturated heterocycles. The van der Waals surface area contributed by atoms with E-state index in [0.717, 1.165) is 25.7 Å². The highest BCUT2D eigenvalue weighted by atomic mass is 16.6. The Kier molecular flexibility index (Phi) is 6.30. The van der Waals surface area contributed by atoms with Crippen molar-refractivity contribution < 1.29 is 14.3 Å². The summed E-state index contributed by atoms with van der Waals surface area (Å²) in [5.41, 5.74) is -0.492. The monoisotopic (exact) mass is 284 g/mol. The zero-order valence-electron chi connectivity index (χ0n) is 13.1. The summed E-state index contributed by atoms with van der Waals surface area (Å²) in [5, 5.41) is 5.75. The largest absolute Gasteiger partial charge is 0.444 e. The molecule has 5 nitrogen and oxygen atoms in total. The van der Waals surface area contributed by atoms with Crippen molar-refractivity contribution in [3.8, 4) is 0 Å². The quantitative estimate of drug-likeness (QED) is 0.834. The minimum atomic E-state index is -0.492. The third-order valence-electron chi connectivity index (χ3n) is 3.43. The molecule has 0 radical (unpaired) electrons. The number of nitrogens with one attached hydrogen (secondary N) is 2. The van der Waals surface area contributed by atoms with E-state index in [-0.39, 0.29) is 24.0 Å². The molecule has 5 heteroatoms. The van der Waals surface area contributed by atoms with Crippen LogP contribution in [0, 0.1) is 5.92 Å². The van der Waals surface area contributed by atoms with E-state index >= 15 is 0 Å². The molecule has 2 atom stereocenters. The first-order valence-corrected chi connectivity index (χ1v) is 7.58. The number of rotatable bonds is 4. The third kappa shape index (κ3) is 6.26. The lowest BCUT2D eigenvalue weighted by atomic mass is 9.82. The highest BCUT2D eigenvalue weighted by Crippen LogP contribution is 2.27. The van der Waals surface area contributed by atoms with E-state index in [0.29, 0.717) is 13.0 Å². The highest BCUT2D eigenvalue weighted by molar-refractivity contribution is 5.76. The van der Waals surface area contributed by atoms with E-state index < -0.39 is 5.60 Å². The summed E-state index contributed by atoms with van der Waals surface area (Å²) in [6.45, 7) is 8.10. The Morgan fingerprint density at radius 1 is 1.20 bits per heavy atom. The van der Waals surface area contributed by atoms with E-state index in [1.54, 1.807) is 0 Å². The van der Waals surface area contributed by atoms with Gasteiger partial charge in [0.1, 0.15) is 5.60 Å². The van der Waals surface area contributed by atoms with Crippen LogP contribution in [0.2, 0.25) is 0 Å². The van der Waals surface area contributed by atoms with Crippen molar-refractivity contribution in [1.29, 1.82) is 0 Å². The van der Waals surface area contributed by atoms with Crippen LogP contribution in [-0.4, -0.2) is 30.2 Å². The Hall–Kier alpha value is -1.26. The van der Waals surface area contributed by atoms with Crippen LogP contribution in [0.15, 0.2) is 0 Å². The molecule has 1 aliphatic carbocycles. The molecule has 20 heavy (non-hydrogen) atoms. The molecule has 0 aromatic rings. The van der Waals surface area contributed by atoms with Gasteiger partial charge in [-0.2, -0.15) is 0 Å². The van der Waals surface area contributed by atoms with Crippen molar-refractivity contribution in [2.75, 3.05) is 6.54 Å². The van der Waals surface area contributed by atoms with Crippen LogP contribution < -0.4 is 10.6 Å². The number of carbonyl (C=O) groups is 2. The fourth-order valence-electron chi connectivity index (χ4n) is 2.61. The number of hydrogen-bond donors (Lipinski definition) is 2. The summed E-state index contributed by atoms with van der Waals surface area (Å²) >= 11 is 0. The molecule has 0 spiro atoms. The van der Waals surface area contributed by atoms with Gasteiger partial charge in [0, 0.05) is 19.0 Å². The molecule has 0 heterocycles. The van der Waals surface area contributed by atoms with Crippen LogP contribution in [-0.2, 0) is 9.53 Å². The van der Waals surface area contributed by atoms with Crippen LogP contribution >= 0.6 is 0 Å². The Labute approximate surface area is 121 Å². The molecule has 2 amide bonds. The second-order valence-corrected chi connectivity index (χ2v) is 6.45. The number of carbonyl (C=O) groups excluding carboxylic acids is 2. The normalized spacial score (nSPS) is 23.0. The van der Waals surface area contributed by atoms with Crippen molar-refractivity contribution in [2.24, 2.45) is 5.92 Å². The lowest BCUT2D eigenvalue weighted by Gasteiger charge is -2.32. The molecule has 0 aliphatic heterocycles. The molecule has 1 rings (SSSR count). The molecule has 2 N–H and O–H groups in total. The van der Waals surface area contributed by atoms with Crippen molar-refractivity contribution in [1.82, 2.24) is 10.6 Å². The van der Waals surface area contributed by atoms with Crippen LogP contribution in [0.4, 0.5) is 4.79 Å². The minimum absolute atomic E-state index is 0.0428. The summed E-state index contributed by atoms with van der Waals surface area (Å²) in [6, 6.07) is 0.0428. The second-order valence-electron chi connectivity index (χ2n) is 6.45. The molecule has 116 valence electrons. The van der Waals surface area contributed by atoms with Crippen LogP contribution in [0.25, 0.3) is 0 Å². The van der Waals surface area contributed by atoms with Gasteiger partial charge in [-0.15, -0.1) is 0 Å². The predicted octanol–water partition coefficient (Wildman–Crippen LogP) is 2.60. The van der Waals surface area contributed by atoms with Crippen molar-refractivity contribution in [3.05, 3.63) is 0 Å². The van der Waals surface area contributed by atoms with E-state index in [9.17, 15) is 9.59 Å². The van der Waals surface area contributed by atoms with Gasteiger partial charge >= 0.3 is 6.09 Å². The molecule has 1 fully saturated rings. The zero-order chi connectivity index (χ0) is 15.2. The average Bonchev–Trinajstić information content (AvgIpc) is 2.29. The smallest absolute Gasteiger partial charge is 0.407 e. The van der Waals surface area contributed by atoms with Gasteiger partial charge in [0.15, 0.2) is 0 Å². The van der Waals surface area contributed by atoms with Crippen molar-refractivity contribution >= 4 is 12.0 Å². The molecule has 0 aromatic heterocycles. The van der Waals surface area contributed by atoms with Crippen LogP contribution in [0.5, 0.6) is 0 Å². The van der Waals surface area contributed by atoms with Crippen LogP contribution in [0.3, 0.4) is 0 Å². The second kappa shape index (κ2) is 7.50. The minimum Gasteiger partial charge on any atom is -0.444 e. The molecular formula is C15H28N2O3. The first kappa shape index (κ1) is 16.8. The highest BCUT2D eigenvalue weighted by Gasteiger charge is 2.29. The van der Waals surface area contributed by atoms with Gasteiger partial charge in [-0.05, 0) is 46.5 Å². The summed E-state index contributed by atoms with van der Waals surface area (Å²) < 4.78 is 5.29. The number of hydrogen-bond acceptors (Lipinski definition) is 3. The van der Waals surface area contributed by atoms with E-state index in [1.807, 2.05) is 27.7 Å². The number of ether oxygens (including phenoxy) is 1. The fourth-order valence-corrected chi connectivity index (χ4v) is 2.61. The predicted molar refractivity (Wildman–Crippen MR) is 78.4 cm³/mol. The lowest BCUT2D eigenvalue weighted by molar-refractivity contribution is -0.122. The SMILES string of the molecule is CCNC(=O)C[C@H]1CCCC[C@H]1NC(=O)OC(C)(C)C. The Bertz CT molecular complexity index is 337. The summed E-state index contributed by atoms with van der Waals surface area (Å²) in [5.74, 6) is 0.276. The van der Waals surface area contributed by atoms with E-state index in [4.69, 9.17) is 4.74 Å². The maximum atomic E-state index is 11.9. The summed E-state index contributed by atoms with van der Waals surface area (Å²) in [6.07, 6.45) is 4.21. The topological polar surface area (TPSA) is 67.4 Å². The first-order valence-electron chi connectivity index (χ1n) is 7.58. The number of amides is 2. The third-order valence-corrected chi connectivity index (χ3v) is 3.43. The lowest BCUT2D eigenvalue weighted by Crippen LogP contribution is -2.45. The van der Waals surface area contributed by atoms with Gasteiger partial charge in [-0.3, -0.25) is 4.79 Å². The summed E-state index contributed by atoms with van der Waals surface area (Å²) in [4.78, 5) is 23.6. The first-order chi connectivity index (χ1) is 9.31.